The normalized spacial score (nSPS) is 13.9. The second-order valence-electron chi connectivity index (χ2n) is 8.71. The molecule has 0 saturated heterocycles. The van der Waals surface area contributed by atoms with Gasteiger partial charge in [-0.05, 0) is 72.2 Å². The van der Waals surface area contributed by atoms with Crippen LogP contribution < -0.4 is 10.5 Å². The largest absolute Gasteiger partial charge is 0.482 e. The number of benzene rings is 2. The second kappa shape index (κ2) is 11.7. The van der Waals surface area contributed by atoms with Crippen LogP contribution in [-0.4, -0.2) is 29.4 Å². The van der Waals surface area contributed by atoms with E-state index in [-0.39, 0.29) is 37.4 Å². The van der Waals surface area contributed by atoms with Crippen molar-refractivity contribution in [3.63, 3.8) is 0 Å². The Morgan fingerprint density at radius 1 is 1.03 bits per heavy atom. The first-order valence-corrected chi connectivity index (χ1v) is 11.9. The molecule has 4 rings (SSSR count). The summed E-state index contributed by atoms with van der Waals surface area (Å²) in [7, 11) is 0. The Kier molecular flexibility index (Phi) is 8.21. The molecular weight excluding hydrogens is 447 g/mol. The van der Waals surface area contributed by atoms with E-state index in [4.69, 9.17) is 15.2 Å². The lowest BCUT2D eigenvalue weighted by Gasteiger charge is -2.21. The summed E-state index contributed by atoms with van der Waals surface area (Å²) in [5.41, 5.74) is 9.13. The smallest absolute Gasteiger partial charge is 0.344 e. The van der Waals surface area contributed by atoms with E-state index in [2.05, 4.69) is 4.98 Å². The summed E-state index contributed by atoms with van der Waals surface area (Å²) < 4.78 is 25.2. The molecule has 2 N–H and O–H groups in total. The fraction of sp³-hybridized carbons (Fsp3) is 0.321. The van der Waals surface area contributed by atoms with Crippen molar-refractivity contribution >= 4 is 11.8 Å². The van der Waals surface area contributed by atoms with Crippen LogP contribution in [0.1, 0.15) is 53.6 Å². The summed E-state index contributed by atoms with van der Waals surface area (Å²) in [6.45, 7) is 0.112. The van der Waals surface area contributed by atoms with Gasteiger partial charge in [0.1, 0.15) is 17.7 Å². The van der Waals surface area contributed by atoms with Crippen molar-refractivity contribution in [3.05, 3.63) is 83.4 Å². The molecule has 7 heteroatoms. The van der Waals surface area contributed by atoms with Crippen molar-refractivity contribution in [3.8, 4) is 16.9 Å². The van der Waals surface area contributed by atoms with Crippen molar-refractivity contribution in [1.82, 2.24) is 4.98 Å². The first-order chi connectivity index (χ1) is 17.0. The number of rotatable bonds is 9. The van der Waals surface area contributed by atoms with Crippen LogP contribution >= 0.6 is 0 Å². The van der Waals surface area contributed by atoms with E-state index in [9.17, 15) is 14.0 Å². The third-order valence-electron chi connectivity index (χ3n) is 6.21. The van der Waals surface area contributed by atoms with E-state index in [1.807, 2.05) is 12.1 Å². The Morgan fingerprint density at radius 3 is 2.63 bits per heavy atom. The average Bonchev–Trinajstić information content (AvgIpc) is 2.89. The van der Waals surface area contributed by atoms with Gasteiger partial charge in [-0.1, -0.05) is 30.7 Å². The average molecular weight is 477 g/mol. The number of nitrogens with zero attached hydrogens (tertiary/aromatic N) is 1. The molecule has 2 aromatic carbocycles. The van der Waals surface area contributed by atoms with E-state index in [0.29, 0.717) is 16.9 Å². The summed E-state index contributed by atoms with van der Waals surface area (Å²) in [5, 5.41) is 0. The Morgan fingerprint density at radius 2 is 1.86 bits per heavy atom. The van der Waals surface area contributed by atoms with Gasteiger partial charge in [-0.3, -0.25) is 9.78 Å². The minimum absolute atomic E-state index is 0.0146. The molecule has 0 spiro atoms. The van der Waals surface area contributed by atoms with E-state index in [1.165, 1.54) is 18.7 Å². The van der Waals surface area contributed by atoms with Crippen molar-refractivity contribution in [2.24, 2.45) is 5.73 Å². The molecule has 1 fully saturated rings. The highest BCUT2D eigenvalue weighted by Crippen LogP contribution is 2.29. The first-order valence-electron chi connectivity index (χ1n) is 11.9. The van der Waals surface area contributed by atoms with Crippen LogP contribution in [0.25, 0.3) is 11.1 Å². The fourth-order valence-electron chi connectivity index (χ4n) is 4.32. The zero-order valence-electron chi connectivity index (χ0n) is 19.5. The number of Topliss-reactive ketones (excluding diaryl/α,β-unsaturated/α-hetero) is 1. The van der Waals surface area contributed by atoms with Gasteiger partial charge >= 0.3 is 5.97 Å². The zero-order valence-corrected chi connectivity index (χ0v) is 19.5. The molecule has 0 amide bonds. The highest BCUT2D eigenvalue weighted by Gasteiger charge is 2.18. The van der Waals surface area contributed by atoms with Crippen LogP contribution in [0.3, 0.4) is 0 Å². The molecule has 0 aliphatic heterocycles. The maximum absolute atomic E-state index is 14.0. The number of pyridine rings is 1. The summed E-state index contributed by atoms with van der Waals surface area (Å²) in [6, 6.07) is 14.1. The number of hydrogen-bond donors (Lipinski definition) is 1. The highest BCUT2D eigenvalue weighted by atomic mass is 19.1. The number of aromatic nitrogens is 1. The third kappa shape index (κ3) is 6.51. The molecule has 182 valence electrons. The van der Waals surface area contributed by atoms with Crippen LogP contribution in [0.15, 0.2) is 60.9 Å². The molecule has 0 radical (unpaired) electrons. The van der Waals surface area contributed by atoms with Crippen LogP contribution in [-0.2, 0) is 22.5 Å². The number of esters is 1. The predicted molar refractivity (Wildman–Crippen MR) is 130 cm³/mol. The fourth-order valence-corrected chi connectivity index (χ4v) is 4.32. The molecule has 1 saturated carbocycles. The number of halogens is 1. The molecule has 35 heavy (non-hydrogen) atoms. The van der Waals surface area contributed by atoms with Gasteiger partial charge in [-0.25, -0.2) is 9.18 Å². The SMILES string of the molecule is NCc1ccc(C(=O)Cc2ccncc2F)cc1-c1cccc(OCC(=O)OC2CCCCC2)c1. The number of ether oxygens (including phenoxy) is 2. The van der Waals surface area contributed by atoms with Crippen LogP contribution in [0.5, 0.6) is 5.75 Å². The standard InChI is InChI=1S/C28H29FN2O4/c29-26-17-31-12-11-20(26)15-27(32)21-9-10-22(16-30)25(14-21)19-5-4-8-24(13-19)34-18-28(33)35-23-6-2-1-3-7-23/h4-5,8-14,17,23H,1-3,6-7,15-16,18,30H2. The van der Waals surface area contributed by atoms with Gasteiger partial charge in [0.05, 0.1) is 6.20 Å². The van der Waals surface area contributed by atoms with Gasteiger partial charge in [0, 0.05) is 24.7 Å². The predicted octanol–water partition coefficient (Wildman–Crippen LogP) is 5.03. The Bertz CT molecular complexity index is 1190. The Hall–Kier alpha value is -3.58. The van der Waals surface area contributed by atoms with Gasteiger partial charge in [-0.15, -0.1) is 0 Å². The van der Waals surface area contributed by atoms with Crippen LogP contribution in [0.4, 0.5) is 4.39 Å². The topological polar surface area (TPSA) is 91.5 Å². The minimum Gasteiger partial charge on any atom is -0.482 e. The molecule has 6 nitrogen and oxygen atoms in total. The number of carbonyl (C=O) groups excluding carboxylic acids is 2. The third-order valence-corrected chi connectivity index (χ3v) is 6.21. The maximum atomic E-state index is 14.0. The number of carbonyl (C=O) groups is 2. The molecule has 1 aromatic heterocycles. The minimum atomic E-state index is -0.508. The van der Waals surface area contributed by atoms with Crippen LogP contribution in [0.2, 0.25) is 0 Å². The molecule has 3 aromatic rings. The van der Waals surface area contributed by atoms with Crippen molar-refractivity contribution in [2.45, 2.75) is 51.2 Å². The van der Waals surface area contributed by atoms with Gasteiger partial charge in [0.25, 0.3) is 0 Å². The summed E-state index contributed by atoms with van der Waals surface area (Å²) >= 11 is 0. The molecule has 1 aliphatic carbocycles. The van der Waals surface area contributed by atoms with E-state index >= 15 is 0 Å². The number of nitrogens with two attached hydrogens (primary N) is 1. The molecule has 0 unspecified atom stereocenters. The summed E-state index contributed by atoms with van der Waals surface area (Å²) in [6.07, 6.45) is 7.66. The molecular formula is C28H29FN2O4. The molecule has 0 atom stereocenters. The summed E-state index contributed by atoms with van der Waals surface area (Å²) in [4.78, 5) is 28.8. The lowest BCUT2D eigenvalue weighted by Crippen LogP contribution is -2.24. The summed E-state index contributed by atoms with van der Waals surface area (Å²) in [5.74, 6) is -0.577. The lowest BCUT2D eigenvalue weighted by atomic mass is 9.94. The van der Waals surface area contributed by atoms with Gasteiger partial charge in [0.15, 0.2) is 12.4 Å². The van der Waals surface area contributed by atoms with Gasteiger partial charge in [-0.2, -0.15) is 0 Å². The molecule has 1 aliphatic rings. The van der Waals surface area contributed by atoms with Crippen molar-refractivity contribution in [2.75, 3.05) is 6.61 Å². The lowest BCUT2D eigenvalue weighted by molar-refractivity contribution is -0.152. The number of ketones is 1. The van der Waals surface area contributed by atoms with E-state index < -0.39 is 5.82 Å². The van der Waals surface area contributed by atoms with E-state index in [1.54, 1.807) is 30.3 Å². The second-order valence-corrected chi connectivity index (χ2v) is 8.71. The maximum Gasteiger partial charge on any atom is 0.344 e. The van der Waals surface area contributed by atoms with Gasteiger partial charge in [0.2, 0.25) is 0 Å². The number of hydrogen-bond acceptors (Lipinski definition) is 6. The van der Waals surface area contributed by atoms with Crippen molar-refractivity contribution < 1.29 is 23.5 Å². The molecule has 0 bridgehead atoms. The first kappa shape index (κ1) is 24.5. The zero-order chi connectivity index (χ0) is 24.6. The Labute approximate surface area is 204 Å². The van der Waals surface area contributed by atoms with Gasteiger partial charge < -0.3 is 15.2 Å². The van der Waals surface area contributed by atoms with Crippen molar-refractivity contribution in [1.29, 1.82) is 0 Å². The van der Waals surface area contributed by atoms with E-state index in [0.717, 1.165) is 48.6 Å². The highest BCUT2D eigenvalue weighted by molar-refractivity contribution is 5.98. The van der Waals surface area contributed by atoms with Crippen LogP contribution in [0, 0.1) is 5.82 Å². The monoisotopic (exact) mass is 476 g/mol. The Balaban J connectivity index is 1.47. The molecule has 1 heterocycles. The quantitative estimate of drug-likeness (QED) is 0.344.